The summed E-state index contributed by atoms with van der Waals surface area (Å²) < 4.78 is 6.07. The van der Waals surface area contributed by atoms with Crippen LogP contribution >= 0.6 is 34.8 Å². The normalized spacial score (nSPS) is 26.2. The van der Waals surface area contributed by atoms with Crippen molar-refractivity contribution in [1.29, 1.82) is 0 Å². The van der Waals surface area contributed by atoms with Gasteiger partial charge in [0.1, 0.15) is 17.8 Å². The standard InChI is InChI=1S/C19H14Cl3NO3/c20-10-2-4-16-13(7-10)19(24)18-15(23-25)5-9(6-17(18)26-16)12-3-1-11(21)8-14(12)22/h1-4,7-9,17-18,25H,5-6H2/b23-15-. The first-order valence-corrected chi connectivity index (χ1v) is 9.27. The van der Waals surface area contributed by atoms with Crippen molar-refractivity contribution in [3.05, 3.63) is 62.6 Å². The van der Waals surface area contributed by atoms with Crippen molar-refractivity contribution in [2.45, 2.75) is 24.9 Å². The van der Waals surface area contributed by atoms with Gasteiger partial charge in [-0.15, -0.1) is 0 Å². The Bertz CT molecular complexity index is 928. The first-order valence-electron chi connectivity index (χ1n) is 8.14. The molecule has 1 saturated carbocycles. The Morgan fingerprint density at radius 3 is 2.54 bits per heavy atom. The van der Waals surface area contributed by atoms with Crippen LogP contribution < -0.4 is 4.74 Å². The van der Waals surface area contributed by atoms with Crippen LogP contribution in [0, 0.1) is 5.92 Å². The number of fused-ring (bicyclic) bond motifs is 2. The molecule has 0 amide bonds. The number of hydrogen-bond acceptors (Lipinski definition) is 4. The maximum atomic E-state index is 13.0. The molecule has 26 heavy (non-hydrogen) atoms. The molecule has 1 heterocycles. The number of rotatable bonds is 1. The van der Waals surface area contributed by atoms with Gasteiger partial charge in [0.05, 0.1) is 11.3 Å². The number of nitrogens with zero attached hydrogens (tertiary/aromatic N) is 1. The second-order valence-corrected chi connectivity index (χ2v) is 7.81. The summed E-state index contributed by atoms with van der Waals surface area (Å²) in [4.78, 5) is 13.0. The van der Waals surface area contributed by atoms with Gasteiger partial charge in [-0.25, -0.2) is 0 Å². The van der Waals surface area contributed by atoms with E-state index < -0.39 is 12.0 Å². The lowest BCUT2D eigenvalue weighted by molar-refractivity contribution is 0.0693. The largest absolute Gasteiger partial charge is 0.488 e. The van der Waals surface area contributed by atoms with Gasteiger partial charge in [0.2, 0.25) is 0 Å². The predicted molar refractivity (Wildman–Crippen MR) is 101 cm³/mol. The van der Waals surface area contributed by atoms with Crippen molar-refractivity contribution in [1.82, 2.24) is 0 Å². The molecule has 4 rings (SSSR count). The number of ketones is 1. The summed E-state index contributed by atoms with van der Waals surface area (Å²) >= 11 is 18.3. The molecule has 1 N–H and O–H groups in total. The van der Waals surface area contributed by atoms with Crippen LogP contribution in [0.25, 0.3) is 0 Å². The van der Waals surface area contributed by atoms with Crippen LogP contribution in [0.15, 0.2) is 41.6 Å². The molecule has 3 atom stereocenters. The fourth-order valence-electron chi connectivity index (χ4n) is 3.83. The van der Waals surface area contributed by atoms with E-state index in [1.54, 1.807) is 30.3 Å². The van der Waals surface area contributed by atoms with Crippen LogP contribution in [-0.2, 0) is 0 Å². The first kappa shape index (κ1) is 17.7. The molecule has 0 spiro atoms. The lowest BCUT2D eigenvalue weighted by Crippen LogP contribution is -2.47. The third-order valence-electron chi connectivity index (χ3n) is 5.00. The highest BCUT2D eigenvalue weighted by molar-refractivity contribution is 6.35. The highest BCUT2D eigenvalue weighted by atomic mass is 35.5. The Kier molecular flexibility index (Phi) is 4.59. The molecule has 1 aliphatic heterocycles. The maximum Gasteiger partial charge on any atom is 0.179 e. The minimum Gasteiger partial charge on any atom is -0.488 e. The number of Topliss-reactive ketones (excluding diaryl/α,β-unsaturated/α-hetero) is 1. The van der Waals surface area contributed by atoms with Crippen LogP contribution in [0.2, 0.25) is 15.1 Å². The Hall–Kier alpha value is -1.75. The second kappa shape index (κ2) is 6.76. The quantitative estimate of drug-likeness (QED) is 0.491. The van der Waals surface area contributed by atoms with Gasteiger partial charge in [0.15, 0.2) is 5.78 Å². The lowest BCUT2D eigenvalue weighted by Gasteiger charge is -2.39. The van der Waals surface area contributed by atoms with E-state index in [9.17, 15) is 10.0 Å². The summed E-state index contributed by atoms with van der Waals surface area (Å²) in [7, 11) is 0. The second-order valence-electron chi connectivity index (χ2n) is 6.53. The van der Waals surface area contributed by atoms with E-state index in [-0.39, 0.29) is 11.7 Å². The monoisotopic (exact) mass is 409 g/mol. The molecule has 7 heteroatoms. The molecule has 1 aliphatic carbocycles. The highest BCUT2D eigenvalue weighted by Crippen LogP contribution is 2.44. The number of carbonyl (C=O) groups is 1. The smallest absolute Gasteiger partial charge is 0.179 e. The van der Waals surface area contributed by atoms with Gasteiger partial charge < -0.3 is 9.94 Å². The molecule has 134 valence electrons. The minimum atomic E-state index is -0.617. The topological polar surface area (TPSA) is 58.9 Å². The Morgan fingerprint density at radius 2 is 1.81 bits per heavy atom. The number of oxime groups is 1. The summed E-state index contributed by atoms with van der Waals surface area (Å²) in [6.45, 7) is 0. The van der Waals surface area contributed by atoms with Gasteiger partial charge in [-0.2, -0.15) is 0 Å². The molecule has 0 aromatic heterocycles. The molecule has 0 radical (unpaired) electrons. The van der Waals surface area contributed by atoms with Crippen LogP contribution in [-0.4, -0.2) is 22.8 Å². The van der Waals surface area contributed by atoms with Gasteiger partial charge in [-0.3, -0.25) is 4.79 Å². The van der Waals surface area contributed by atoms with Gasteiger partial charge in [-0.1, -0.05) is 46.0 Å². The van der Waals surface area contributed by atoms with E-state index in [0.717, 1.165) is 5.56 Å². The summed E-state index contributed by atoms with van der Waals surface area (Å²) in [5.41, 5.74) is 1.71. The average molecular weight is 411 g/mol. The molecule has 3 unspecified atom stereocenters. The third kappa shape index (κ3) is 2.96. The summed E-state index contributed by atoms with van der Waals surface area (Å²) in [6, 6.07) is 10.3. The number of carbonyl (C=O) groups excluding carboxylic acids is 1. The van der Waals surface area contributed by atoms with Crippen molar-refractivity contribution in [2.24, 2.45) is 11.1 Å². The predicted octanol–water partition coefficient (Wildman–Crippen LogP) is 5.61. The minimum absolute atomic E-state index is 0.0337. The number of benzene rings is 2. The fourth-order valence-corrected chi connectivity index (χ4v) is 4.57. The third-order valence-corrected chi connectivity index (χ3v) is 5.80. The fraction of sp³-hybridized carbons (Fsp3) is 0.263. The van der Waals surface area contributed by atoms with E-state index >= 15 is 0 Å². The summed E-state index contributed by atoms with van der Waals surface area (Å²) in [5.74, 6) is -0.283. The van der Waals surface area contributed by atoms with E-state index in [4.69, 9.17) is 39.5 Å². The molecule has 2 aromatic rings. The molecule has 1 fully saturated rings. The van der Waals surface area contributed by atoms with E-state index in [0.29, 0.717) is 44.9 Å². The van der Waals surface area contributed by atoms with E-state index in [2.05, 4.69) is 5.16 Å². The SMILES string of the molecule is O=C1c2cc(Cl)ccc2OC2CC(c3ccc(Cl)cc3Cl)C/C(=N/O)C12. The number of halogens is 3. The average Bonchev–Trinajstić information content (AvgIpc) is 2.61. The maximum absolute atomic E-state index is 13.0. The number of hydrogen-bond donors (Lipinski definition) is 1. The molecular weight excluding hydrogens is 397 g/mol. The van der Waals surface area contributed by atoms with Gasteiger partial charge in [0, 0.05) is 15.1 Å². The number of ether oxygens (including phenoxy) is 1. The van der Waals surface area contributed by atoms with Gasteiger partial charge >= 0.3 is 0 Å². The van der Waals surface area contributed by atoms with Gasteiger partial charge in [0.25, 0.3) is 0 Å². The van der Waals surface area contributed by atoms with Crippen LogP contribution in [0.1, 0.15) is 34.7 Å². The zero-order chi connectivity index (χ0) is 18.4. The van der Waals surface area contributed by atoms with Gasteiger partial charge in [-0.05, 0) is 54.7 Å². The Labute approximate surface area is 165 Å². The van der Waals surface area contributed by atoms with Crippen molar-refractivity contribution >= 4 is 46.3 Å². The molecule has 0 saturated heterocycles. The summed E-state index contributed by atoms with van der Waals surface area (Å²) in [6.07, 6.45) is 0.579. The Morgan fingerprint density at radius 1 is 1.08 bits per heavy atom. The highest BCUT2D eigenvalue weighted by Gasteiger charge is 2.46. The van der Waals surface area contributed by atoms with E-state index in [1.807, 2.05) is 6.07 Å². The molecule has 4 nitrogen and oxygen atoms in total. The van der Waals surface area contributed by atoms with Crippen LogP contribution in [0.5, 0.6) is 5.75 Å². The molecule has 0 bridgehead atoms. The van der Waals surface area contributed by atoms with Crippen molar-refractivity contribution < 1.29 is 14.7 Å². The van der Waals surface area contributed by atoms with Crippen molar-refractivity contribution in [3.8, 4) is 5.75 Å². The van der Waals surface area contributed by atoms with Crippen LogP contribution in [0.3, 0.4) is 0 Å². The molecule has 2 aliphatic rings. The van der Waals surface area contributed by atoms with Crippen LogP contribution in [0.4, 0.5) is 0 Å². The summed E-state index contributed by atoms with van der Waals surface area (Å²) in [5, 5.41) is 14.5. The van der Waals surface area contributed by atoms with E-state index in [1.165, 1.54) is 0 Å². The zero-order valence-corrected chi connectivity index (χ0v) is 15.7. The Balaban J connectivity index is 1.72. The lowest BCUT2D eigenvalue weighted by atomic mass is 9.71. The zero-order valence-electron chi connectivity index (χ0n) is 13.5. The van der Waals surface area contributed by atoms with Crippen molar-refractivity contribution in [2.75, 3.05) is 0 Å². The molecular formula is C19H14Cl3NO3. The molecule has 2 aromatic carbocycles. The first-order chi connectivity index (χ1) is 12.5. The van der Waals surface area contributed by atoms with Crippen molar-refractivity contribution in [3.63, 3.8) is 0 Å².